The largest absolute Gasteiger partial charge is 0.465 e. The van der Waals surface area contributed by atoms with Crippen molar-refractivity contribution in [3.8, 4) is 0 Å². The fourth-order valence-corrected chi connectivity index (χ4v) is 2.43. The third-order valence-electron chi connectivity index (χ3n) is 3.27. The van der Waals surface area contributed by atoms with E-state index in [9.17, 15) is 4.79 Å². The first kappa shape index (κ1) is 18.4. The number of carbonyl (C=O) groups excluding carboxylic acids is 1. The summed E-state index contributed by atoms with van der Waals surface area (Å²) in [5.41, 5.74) is 5.20. The molecule has 0 fully saturated rings. The van der Waals surface area contributed by atoms with E-state index in [1.807, 2.05) is 0 Å². The van der Waals surface area contributed by atoms with Gasteiger partial charge in [0.25, 0.3) is 0 Å². The molecule has 0 aromatic carbocycles. The maximum atomic E-state index is 11.8. The fraction of sp³-hybridized carbons (Fsp3) is 0.933. The number of nitrogens with two attached hydrogens (primary N) is 1. The summed E-state index contributed by atoms with van der Waals surface area (Å²) in [6.07, 6.45) is 0.608. The first-order chi connectivity index (χ1) is 8.61. The number of rotatable bonds is 8. The molecular weight excluding hydrogens is 240 g/mol. The van der Waals surface area contributed by atoms with Crippen LogP contribution in [0.5, 0.6) is 0 Å². The standard InChI is InChI=1S/C15H32N2O2/c1-8-19-14(18)15(7,16)9-13(6)17(12(4)5)10-11(2)3/h11-13H,8-10,16H2,1-7H3. The second-order valence-corrected chi connectivity index (χ2v) is 6.38. The van der Waals surface area contributed by atoms with Gasteiger partial charge in [-0.1, -0.05) is 13.8 Å². The van der Waals surface area contributed by atoms with Crippen molar-refractivity contribution < 1.29 is 9.53 Å². The number of ether oxygens (including phenoxy) is 1. The molecule has 0 heterocycles. The van der Waals surface area contributed by atoms with Crippen LogP contribution in [-0.2, 0) is 9.53 Å². The molecule has 0 radical (unpaired) electrons. The maximum absolute atomic E-state index is 11.8. The number of nitrogens with zero attached hydrogens (tertiary/aromatic N) is 1. The summed E-state index contributed by atoms with van der Waals surface area (Å²) in [5.74, 6) is 0.284. The highest BCUT2D eigenvalue weighted by Crippen LogP contribution is 2.19. The van der Waals surface area contributed by atoms with Crippen LogP contribution in [0.15, 0.2) is 0 Å². The molecule has 2 atom stereocenters. The van der Waals surface area contributed by atoms with Crippen LogP contribution in [0.25, 0.3) is 0 Å². The van der Waals surface area contributed by atoms with Gasteiger partial charge < -0.3 is 10.5 Å². The quantitative estimate of drug-likeness (QED) is 0.689. The monoisotopic (exact) mass is 272 g/mol. The van der Waals surface area contributed by atoms with E-state index in [1.54, 1.807) is 13.8 Å². The summed E-state index contributed by atoms with van der Waals surface area (Å²) in [6, 6.07) is 0.692. The third kappa shape index (κ3) is 6.39. The Labute approximate surface area is 118 Å². The number of hydrogen-bond donors (Lipinski definition) is 1. The van der Waals surface area contributed by atoms with Crippen molar-refractivity contribution in [1.82, 2.24) is 4.90 Å². The van der Waals surface area contributed by atoms with E-state index in [-0.39, 0.29) is 12.0 Å². The lowest BCUT2D eigenvalue weighted by Crippen LogP contribution is -2.52. The van der Waals surface area contributed by atoms with Gasteiger partial charge in [-0.3, -0.25) is 9.69 Å². The smallest absolute Gasteiger partial charge is 0.325 e. The molecule has 4 nitrogen and oxygen atoms in total. The van der Waals surface area contributed by atoms with E-state index in [0.29, 0.717) is 25.0 Å². The van der Waals surface area contributed by atoms with Crippen molar-refractivity contribution in [2.45, 2.75) is 72.5 Å². The summed E-state index contributed by atoms with van der Waals surface area (Å²) >= 11 is 0. The van der Waals surface area contributed by atoms with Crippen LogP contribution >= 0.6 is 0 Å². The molecule has 19 heavy (non-hydrogen) atoms. The lowest BCUT2D eigenvalue weighted by atomic mass is 9.93. The predicted molar refractivity (Wildman–Crippen MR) is 80.0 cm³/mol. The Morgan fingerprint density at radius 1 is 1.26 bits per heavy atom. The van der Waals surface area contributed by atoms with Crippen molar-refractivity contribution in [3.63, 3.8) is 0 Å². The molecule has 0 aromatic rings. The summed E-state index contributed by atoms with van der Waals surface area (Å²) in [7, 11) is 0. The minimum absolute atomic E-state index is 0.252. The molecule has 4 heteroatoms. The van der Waals surface area contributed by atoms with Crippen LogP contribution in [0.2, 0.25) is 0 Å². The first-order valence-corrected chi connectivity index (χ1v) is 7.33. The van der Waals surface area contributed by atoms with Gasteiger partial charge in [0.15, 0.2) is 0 Å². The molecule has 2 N–H and O–H groups in total. The Hall–Kier alpha value is -0.610. The molecule has 0 aliphatic rings. The van der Waals surface area contributed by atoms with Gasteiger partial charge in [-0.15, -0.1) is 0 Å². The van der Waals surface area contributed by atoms with Crippen LogP contribution in [0.4, 0.5) is 0 Å². The first-order valence-electron chi connectivity index (χ1n) is 7.33. The van der Waals surface area contributed by atoms with E-state index in [2.05, 4.69) is 39.5 Å². The Bertz CT molecular complexity index is 275. The highest BCUT2D eigenvalue weighted by Gasteiger charge is 2.34. The van der Waals surface area contributed by atoms with Crippen LogP contribution in [0.3, 0.4) is 0 Å². The van der Waals surface area contributed by atoms with Gasteiger partial charge in [0.2, 0.25) is 0 Å². The van der Waals surface area contributed by atoms with E-state index in [0.717, 1.165) is 6.54 Å². The second kappa shape index (κ2) is 7.85. The van der Waals surface area contributed by atoms with Crippen molar-refractivity contribution in [2.24, 2.45) is 11.7 Å². The highest BCUT2D eigenvalue weighted by molar-refractivity contribution is 5.80. The highest BCUT2D eigenvalue weighted by atomic mass is 16.5. The predicted octanol–water partition coefficient (Wildman–Crippen LogP) is 2.41. The lowest BCUT2D eigenvalue weighted by Gasteiger charge is -2.37. The molecule has 0 aromatic heterocycles. The summed E-state index contributed by atoms with van der Waals surface area (Å²) in [4.78, 5) is 14.2. The fourth-order valence-electron chi connectivity index (χ4n) is 2.43. The topological polar surface area (TPSA) is 55.6 Å². The molecule has 0 bridgehead atoms. The van der Waals surface area contributed by atoms with Crippen LogP contribution in [0, 0.1) is 5.92 Å². The van der Waals surface area contributed by atoms with E-state index >= 15 is 0 Å². The third-order valence-corrected chi connectivity index (χ3v) is 3.27. The molecule has 0 aliphatic carbocycles. The molecule has 0 spiro atoms. The van der Waals surface area contributed by atoms with Gasteiger partial charge in [0.05, 0.1) is 6.61 Å². The van der Waals surface area contributed by atoms with Crippen molar-refractivity contribution in [2.75, 3.05) is 13.2 Å². The average Bonchev–Trinajstić information content (AvgIpc) is 2.24. The number of hydrogen-bond acceptors (Lipinski definition) is 4. The van der Waals surface area contributed by atoms with Crippen LogP contribution in [0.1, 0.15) is 54.9 Å². The molecule has 0 saturated carbocycles. The number of esters is 1. The van der Waals surface area contributed by atoms with Gasteiger partial charge in [0.1, 0.15) is 5.54 Å². The Morgan fingerprint density at radius 2 is 1.79 bits per heavy atom. The molecule has 0 amide bonds. The van der Waals surface area contributed by atoms with Gasteiger partial charge in [0, 0.05) is 18.6 Å². The van der Waals surface area contributed by atoms with Crippen LogP contribution < -0.4 is 5.73 Å². The molecule has 0 aliphatic heterocycles. The minimum Gasteiger partial charge on any atom is -0.465 e. The van der Waals surface area contributed by atoms with Crippen molar-refractivity contribution in [3.05, 3.63) is 0 Å². The maximum Gasteiger partial charge on any atom is 0.325 e. The van der Waals surface area contributed by atoms with Gasteiger partial charge in [-0.05, 0) is 47.0 Å². The van der Waals surface area contributed by atoms with E-state index in [4.69, 9.17) is 10.5 Å². The number of carbonyl (C=O) groups is 1. The Morgan fingerprint density at radius 3 is 2.16 bits per heavy atom. The summed E-state index contributed by atoms with van der Waals surface area (Å²) in [5, 5.41) is 0. The van der Waals surface area contributed by atoms with E-state index in [1.165, 1.54) is 0 Å². The second-order valence-electron chi connectivity index (χ2n) is 6.38. The molecule has 0 saturated heterocycles. The molecule has 0 rings (SSSR count). The van der Waals surface area contributed by atoms with Crippen LogP contribution in [-0.4, -0.2) is 41.6 Å². The van der Waals surface area contributed by atoms with Crippen molar-refractivity contribution in [1.29, 1.82) is 0 Å². The van der Waals surface area contributed by atoms with E-state index < -0.39 is 5.54 Å². The molecule has 114 valence electrons. The SMILES string of the molecule is CCOC(=O)C(C)(N)CC(C)N(CC(C)C)C(C)C. The van der Waals surface area contributed by atoms with Gasteiger partial charge in [-0.2, -0.15) is 0 Å². The Balaban J connectivity index is 4.70. The average molecular weight is 272 g/mol. The minimum atomic E-state index is -0.917. The zero-order valence-electron chi connectivity index (χ0n) is 13.7. The lowest BCUT2D eigenvalue weighted by molar-refractivity contribution is -0.149. The molecular formula is C15H32N2O2. The van der Waals surface area contributed by atoms with Gasteiger partial charge >= 0.3 is 5.97 Å². The zero-order valence-corrected chi connectivity index (χ0v) is 13.7. The summed E-state index contributed by atoms with van der Waals surface area (Å²) in [6.45, 7) is 15.8. The van der Waals surface area contributed by atoms with Crippen molar-refractivity contribution >= 4 is 5.97 Å². The summed E-state index contributed by atoms with van der Waals surface area (Å²) < 4.78 is 5.05. The molecule has 2 unspecified atom stereocenters. The zero-order chi connectivity index (χ0) is 15.2. The Kier molecular flexibility index (Phi) is 7.60. The normalized spacial score (nSPS) is 16.8. The van der Waals surface area contributed by atoms with Gasteiger partial charge in [-0.25, -0.2) is 0 Å².